The first-order valence-electron chi connectivity index (χ1n) is 9.39. The second-order valence-corrected chi connectivity index (χ2v) is 7.11. The summed E-state index contributed by atoms with van der Waals surface area (Å²) in [6.45, 7) is 2.49. The van der Waals surface area contributed by atoms with Gasteiger partial charge in [-0.1, -0.05) is 23.4 Å². The SMILES string of the molecule is CCN1c2ncc(C#Cc3ccnc(C(N)=O)c3)cc2C(=O)N(C)c2ccc(Cl)nc21. The van der Waals surface area contributed by atoms with Gasteiger partial charge in [0.05, 0.1) is 11.3 Å². The highest BCUT2D eigenvalue weighted by Gasteiger charge is 2.30. The van der Waals surface area contributed by atoms with Gasteiger partial charge in [-0.2, -0.15) is 0 Å². The zero-order valence-corrected chi connectivity index (χ0v) is 17.5. The molecule has 0 fully saturated rings. The van der Waals surface area contributed by atoms with Crippen LogP contribution in [0.1, 0.15) is 38.9 Å². The lowest BCUT2D eigenvalue weighted by Crippen LogP contribution is -2.25. The van der Waals surface area contributed by atoms with Crippen LogP contribution in [0, 0.1) is 11.8 Å². The third-order valence-electron chi connectivity index (χ3n) is 4.77. The van der Waals surface area contributed by atoms with E-state index >= 15 is 0 Å². The number of anilines is 3. The molecule has 0 aromatic carbocycles. The van der Waals surface area contributed by atoms with E-state index in [0.29, 0.717) is 45.7 Å². The molecule has 0 unspecified atom stereocenters. The Morgan fingerprint density at radius 1 is 1.13 bits per heavy atom. The van der Waals surface area contributed by atoms with E-state index in [9.17, 15) is 9.59 Å². The van der Waals surface area contributed by atoms with E-state index < -0.39 is 5.91 Å². The van der Waals surface area contributed by atoms with Crippen LogP contribution in [0.5, 0.6) is 0 Å². The molecule has 31 heavy (non-hydrogen) atoms. The number of carbonyl (C=O) groups excluding carboxylic acids is 2. The van der Waals surface area contributed by atoms with Crippen molar-refractivity contribution < 1.29 is 9.59 Å². The van der Waals surface area contributed by atoms with E-state index in [-0.39, 0.29) is 11.6 Å². The second-order valence-electron chi connectivity index (χ2n) is 6.72. The minimum Gasteiger partial charge on any atom is -0.364 e. The number of primary amides is 1. The molecule has 1 aliphatic rings. The first-order valence-corrected chi connectivity index (χ1v) is 9.77. The van der Waals surface area contributed by atoms with Gasteiger partial charge >= 0.3 is 0 Å². The molecule has 9 heteroatoms. The van der Waals surface area contributed by atoms with Crippen molar-refractivity contribution in [2.24, 2.45) is 5.73 Å². The fraction of sp³-hybridized carbons (Fsp3) is 0.136. The number of fused-ring (bicyclic) bond motifs is 2. The Morgan fingerprint density at radius 3 is 2.65 bits per heavy atom. The van der Waals surface area contributed by atoms with Crippen molar-refractivity contribution in [2.45, 2.75) is 6.92 Å². The Kier molecular flexibility index (Phi) is 5.28. The predicted octanol–water partition coefficient (Wildman–Crippen LogP) is 2.77. The fourth-order valence-corrected chi connectivity index (χ4v) is 3.40. The maximum atomic E-state index is 13.2. The Morgan fingerprint density at radius 2 is 1.90 bits per heavy atom. The van der Waals surface area contributed by atoms with Gasteiger partial charge in [-0.15, -0.1) is 0 Å². The monoisotopic (exact) mass is 432 g/mol. The maximum absolute atomic E-state index is 13.2. The highest BCUT2D eigenvalue weighted by Crippen LogP contribution is 2.38. The first kappa shape index (κ1) is 20.3. The molecule has 0 spiro atoms. The molecule has 0 saturated carbocycles. The molecule has 2 amide bonds. The molecule has 0 atom stereocenters. The number of nitrogens with zero attached hydrogens (tertiary/aromatic N) is 5. The zero-order valence-electron chi connectivity index (χ0n) is 16.8. The number of hydrogen-bond acceptors (Lipinski definition) is 6. The Balaban J connectivity index is 1.78. The second kappa shape index (κ2) is 8.05. The summed E-state index contributed by atoms with van der Waals surface area (Å²) in [6, 6.07) is 8.28. The maximum Gasteiger partial charge on any atom is 0.267 e. The van der Waals surface area contributed by atoms with Gasteiger partial charge in [0, 0.05) is 37.1 Å². The predicted molar refractivity (Wildman–Crippen MR) is 118 cm³/mol. The largest absolute Gasteiger partial charge is 0.364 e. The number of pyridine rings is 3. The third kappa shape index (κ3) is 3.79. The van der Waals surface area contributed by atoms with Crippen molar-refractivity contribution in [2.75, 3.05) is 23.4 Å². The molecule has 1 aliphatic heterocycles. The van der Waals surface area contributed by atoms with Crippen molar-refractivity contribution in [3.05, 3.63) is 70.3 Å². The summed E-state index contributed by atoms with van der Waals surface area (Å²) in [4.78, 5) is 40.7. The number of carbonyl (C=O) groups is 2. The van der Waals surface area contributed by atoms with Gasteiger partial charge in [0.1, 0.15) is 16.7 Å². The fourth-order valence-electron chi connectivity index (χ4n) is 3.25. The molecule has 0 aliphatic carbocycles. The van der Waals surface area contributed by atoms with Crippen molar-refractivity contribution in [1.29, 1.82) is 0 Å². The van der Waals surface area contributed by atoms with Crippen molar-refractivity contribution >= 4 is 40.7 Å². The molecular weight excluding hydrogens is 416 g/mol. The molecule has 3 aromatic heterocycles. The summed E-state index contributed by atoms with van der Waals surface area (Å²) in [6.07, 6.45) is 3.06. The molecule has 0 radical (unpaired) electrons. The van der Waals surface area contributed by atoms with Gasteiger partial charge in [-0.3, -0.25) is 14.6 Å². The van der Waals surface area contributed by atoms with Crippen molar-refractivity contribution in [3.63, 3.8) is 0 Å². The van der Waals surface area contributed by atoms with Crippen LogP contribution in [0.4, 0.5) is 17.3 Å². The van der Waals surface area contributed by atoms with Gasteiger partial charge < -0.3 is 15.5 Å². The number of halogens is 1. The summed E-state index contributed by atoms with van der Waals surface area (Å²) in [7, 11) is 1.68. The molecule has 154 valence electrons. The highest BCUT2D eigenvalue weighted by atomic mass is 35.5. The zero-order chi connectivity index (χ0) is 22.1. The molecule has 4 rings (SSSR count). The van der Waals surface area contributed by atoms with E-state index in [1.807, 2.05) is 11.8 Å². The molecule has 2 N–H and O–H groups in total. The van der Waals surface area contributed by atoms with Gasteiger partial charge in [0.2, 0.25) is 0 Å². The Hall–Kier alpha value is -3.96. The number of hydrogen-bond donors (Lipinski definition) is 1. The summed E-state index contributed by atoms with van der Waals surface area (Å²) >= 11 is 6.11. The standard InChI is InChI=1S/C22H17ClN6O2/c1-3-29-20-15(22(31)28(2)17-6-7-18(23)27-21(17)29)10-14(12-26-20)5-4-13-8-9-25-16(11-13)19(24)30/h6-12H,3H2,1-2H3,(H2,24,30). The average molecular weight is 433 g/mol. The molecular formula is C22H17ClN6O2. The Bertz CT molecular complexity index is 1280. The highest BCUT2D eigenvalue weighted by molar-refractivity contribution is 6.29. The number of rotatable bonds is 2. The molecule has 8 nitrogen and oxygen atoms in total. The van der Waals surface area contributed by atoms with Crippen LogP contribution >= 0.6 is 11.6 Å². The quantitative estimate of drug-likeness (QED) is 0.493. The number of nitrogens with two attached hydrogens (primary N) is 1. The van der Waals surface area contributed by atoms with E-state index in [2.05, 4.69) is 26.8 Å². The number of aromatic nitrogens is 3. The molecule has 4 heterocycles. The van der Waals surface area contributed by atoms with Gasteiger partial charge in [0.25, 0.3) is 11.8 Å². The van der Waals surface area contributed by atoms with Gasteiger partial charge in [-0.25, -0.2) is 9.97 Å². The van der Waals surface area contributed by atoms with E-state index in [1.54, 1.807) is 37.5 Å². The Labute approximate surface area is 183 Å². The van der Waals surface area contributed by atoms with Crippen molar-refractivity contribution in [1.82, 2.24) is 15.0 Å². The third-order valence-corrected chi connectivity index (χ3v) is 4.99. The van der Waals surface area contributed by atoms with Crippen molar-refractivity contribution in [3.8, 4) is 11.8 Å². The molecule has 0 bridgehead atoms. The summed E-state index contributed by atoms with van der Waals surface area (Å²) in [5.74, 6) is 6.12. The van der Waals surface area contributed by atoms with Gasteiger partial charge in [-0.05, 0) is 37.3 Å². The van der Waals surface area contributed by atoms with E-state index in [1.165, 1.54) is 17.2 Å². The lowest BCUT2D eigenvalue weighted by Gasteiger charge is -2.22. The van der Waals surface area contributed by atoms with E-state index in [4.69, 9.17) is 17.3 Å². The lowest BCUT2D eigenvalue weighted by molar-refractivity contribution is 0.0986. The minimum absolute atomic E-state index is 0.131. The lowest BCUT2D eigenvalue weighted by atomic mass is 10.1. The van der Waals surface area contributed by atoms with Gasteiger partial charge in [0.15, 0.2) is 5.82 Å². The van der Waals surface area contributed by atoms with Crippen LogP contribution in [-0.2, 0) is 0 Å². The van der Waals surface area contributed by atoms with Crippen LogP contribution in [-0.4, -0.2) is 40.4 Å². The number of amides is 2. The average Bonchev–Trinajstić information content (AvgIpc) is 2.85. The molecule has 3 aromatic rings. The summed E-state index contributed by atoms with van der Waals surface area (Å²) in [5.41, 5.74) is 7.55. The van der Waals surface area contributed by atoms with Crippen LogP contribution in [0.3, 0.4) is 0 Å². The summed E-state index contributed by atoms with van der Waals surface area (Å²) in [5, 5.41) is 0.330. The first-order chi connectivity index (χ1) is 14.9. The smallest absolute Gasteiger partial charge is 0.267 e. The van der Waals surface area contributed by atoms with Crippen LogP contribution in [0.25, 0.3) is 0 Å². The topological polar surface area (TPSA) is 105 Å². The normalized spacial score (nSPS) is 12.4. The summed E-state index contributed by atoms with van der Waals surface area (Å²) < 4.78 is 0. The van der Waals surface area contributed by atoms with Crippen LogP contribution < -0.4 is 15.5 Å². The van der Waals surface area contributed by atoms with E-state index in [0.717, 1.165) is 0 Å². The van der Waals surface area contributed by atoms with Crippen LogP contribution in [0.2, 0.25) is 5.15 Å². The minimum atomic E-state index is -0.628. The van der Waals surface area contributed by atoms with Crippen LogP contribution in [0.15, 0.2) is 42.7 Å². The molecule has 0 saturated heterocycles.